The molecule has 0 aliphatic carbocycles. The summed E-state index contributed by atoms with van der Waals surface area (Å²) in [7, 11) is 1.71. The van der Waals surface area contributed by atoms with Crippen molar-refractivity contribution in [1.29, 1.82) is 0 Å². The minimum absolute atomic E-state index is 0.192. The van der Waals surface area contributed by atoms with Crippen molar-refractivity contribution >= 4 is 5.96 Å². The monoisotopic (exact) mass is 347 g/mol. The molecule has 0 radical (unpaired) electrons. The van der Waals surface area contributed by atoms with Crippen LogP contribution in [0.15, 0.2) is 27.7 Å². The molecule has 0 saturated carbocycles. The number of aromatic nitrogens is 2. The molecule has 0 aliphatic rings. The molecule has 7 heteroatoms. The first-order valence-corrected chi connectivity index (χ1v) is 8.51. The third-order valence-electron chi connectivity index (χ3n) is 3.78. The highest BCUT2D eigenvalue weighted by atomic mass is 19.1. The van der Waals surface area contributed by atoms with Gasteiger partial charge in [0.15, 0.2) is 11.8 Å². The molecule has 0 aliphatic heterocycles. The number of nitrogens with zero attached hydrogens (tertiary/aromatic N) is 3. The molecule has 0 amide bonds. The summed E-state index contributed by atoms with van der Waals surface area (Å²) in [6.45, 7) is 7.05. The molecule has 2 N–H and O–H groups in total. The molecule has 2 rings (SSSR count). The Hall–Kier alpha value is -2.44. The Labute approximate surface area is 147 Å². The standard InChI is InChI=1S/C18H26FN5O/c1-12(2)17-23-16(25-24-17)6-5-9-21-18(20-4)22-11-14-8-7-13(3)15(19)10-14/h7-8,10,12H,5-6,9,11H2,1-4H3,(H2,20,21,22). The van der Waals surface area contributed by atoms with E-state index >= 15 is 0 Å². The van der Waals surface area contributed by atoms with E-state index in [0.29, 0.717) is 30.4 Å². The predicted octanol–water partition coefficient (Wildman–Crippen LogP) is 2.94. The lowest BCUT2D eigenvalue weighted by molar-refractivity contribution is 0.368. The Balaban J connectivity index is 1.71. The fourth-order valence-corrected chi connectivity index (χ4v) is 2.20. The van der Waals surface area contributed by atoms with Gasteiger partial charge < -0.3 is 15.2 Å². The first-order chi connectivity index (χ1) is 12.0. The van der Waals surface area contributed by atoms with Gasteiger partial charge in [0.05, 0.1) is 0 Å². The van der Waals surface area contributed by atoms with E-state index in [9.17, 15) is 4.39 Å². The molecule has 1 aromatic carbocycles. The average molecular weight is 347 g/mol. The Morgan fingerprint density at radius 2 is 2.12 bits per heavy atom. The molecule has 1 aromatic heterocycles. The van der Waals surface area contributed by atoms with Crippen molar-refractivity contribution in [2.45, 2.75) is 46.1 Å². The van der Waals surface area contributed by atoms with E-state index in [-0.39, 0.29) is 11.7 Å². The number of nitrogens with one attached hydrogen (secondary N) is 2. The molecule has 0 fully saturated rings. The van der Waals surface area contributed by atoms with Crippen molar-refractivity contribution in [2.75, 3.05) is 13.6 Å². The van der Waals surface area contributed by atoms with Crippen LogP contribution in [-0.2, 0) is 13.0 Å². The molecule has 2 aromatic rings. The van der Waals surface area contributed by atoms with Gasteiger partial charge in [-0.05, 0) is 30.5 Å². The van der Waals surface area contributed by atoms with Gasteiger partial charge in [-0.2, -0.15) is 4.98 Å². The van der Waals surface area contributed by atoms with Crippen LogP contribution < -0.4 is 10.6 Å². The molecular formula is C18H26FN5O. The summed E-state index contributed by atoms with van der Waals surface area (Å²) in [6, 6.07) is 5.22. The first-order valence-electron chi connectivity index (χ1n) is 8.51. The lowest BCUT2D eigenvalue weighted by Crippen LogP contribution is -2.37. The van der Waals surface area contributed by atoms with Gasteiger partial charge in [0.2, 0.25) is 5.89 Å². The minimum atomic E-state index is -0.192. The van der Waals surface area contributed by atoms with E-state index in [1.807, 2.05) is 19.9 Å². The highest BCUT2D eigenvalue weighted by Gasteiger charge is 2.09. The average Bonchev–Trinajstić information content (AvgIpc) is 3.06. The summed E-state index contributed by atoms with van der Waals surface area (Å²) in [4.78, 5) is 8.52. The van der Waals surface area contributed by atoms with E-state index in [1.54, 1.807) is 20.0 Å². The SMILES string of the molecule is CN=C(NCCCc1nc(C(C)C)no1)NCc1ccc(C)c(F)c1. The quantitative estimate of drug-likeness (QED) is 0.458. The van der Waals surface area contributed by atoms with Gasteiger partial charge in [-0.25, -0.2) is 4.39 Å². The zero-order valence-electron chi connectivity index (χ0n) is 15.3. The van der Waals surface area contributed by atoms with Crippen LogP contribution in [0.25, 0.3) is 0 Å². The smallest absolute Gasteiger partial charge is 0.226 e. The van der Waals surface area contributed by atoms with Crippen molar-refractivity contribution in [3.63, 3.8) is 0 Å². The molecule has 0 bridgehead atoms. The van der Waals surface area contributed by atoms with Crippen LogP contribution in [0, 0.1) is 12.7 Å². The van der Waals surface area contributed by atoms with Crippen molar-refractivity contribution in [2.24, 2.45) is 4.99 Å². The molecule has 0 spiro atoms. The normalized spacial score (nSPS) is 11.8. The van der Waals surface area contributed by atoms with Gasteiger partial charge in [0, 0.05) is 32.5 Å². The fourth-order valence-electron chi connectivity index (χ4n) is 2.20. The maximum Gasteiger partial charge on any atom is 0.226 e. The van der Waals surface area contributed by atoms with Crippen LogP contribution in [0.2, 0.25) is 0 Å². The Morgan fingerprint density at radius 3 is 2.76 bits per heavy atom. The van der Waals surface area contributed by atoms with Crippen molar-refractivity contribution in [3.05, 3.63) is 46.9 Å². The second kappa shape index (κ2) is 9.15. The highest BCUT2D eigenvalue weighted by Crippen LogP contribution is 2.10. The van der Waals surface area contributed by atoms with Crippen LogP contribution in [0.4, 0.5) is 4.39 Å². The summed E-state index contributed by atoms with van der Waals surface area (Å²) in [5.41, 5.74) is 1.52. The summed E-state index contributed by atoms with van der Waals surface area (Å²) in [5, 5.41) is 10.3. The third-order valence-corrected chi connectivity index (χ3v) is 3.78. The zero-order chi connectivity index (χ0) is 18.2. The van der Waals surface area contributed by atoms with Crippen LogP contribution >= 0.6 is 0 Å². The second-order valence-electron chi connectivity index (χ2n) is 6.24. The molecule has 0 unspecified atom stereocenters. The second-order valence-corrected chi connectivity index (χ2v) is 6.24. The lowest BCUT2D eigenvalue weighted by Gasteiger charge is -2.12. The number of rotatable bonds is 7. The van der Waals surface area contributed by atoms with Gasteiger partial charge in [-0.15, -0.1) is 0 Å². The number of aryl methyl sites for hydroxylation is 2. The van der Waals surface area contributed by atoms with Gasteiger partial charge in [0.25, 0.3) is 0 Å². The molecule has 136 valence electrons. The molecule has 0 saturated heterocycles. The molecule has 1 heterocycles. The Morgan fingerprint density at radius 1 is 1.32 bits per heavy atom. The van der Waals surface area contributed by atoms with Crippen LogP contribution in [0.5, 0.6) is 0 Å². The van der Waals surface area contributed by atoms with E-state index in [4.69, 9.17) is 4.52 Å². The van der Waals surface area contributed by atoms with Crippen LogP contribution in [0.1, 0.15) is 49.0 Å². The van der Waals surface area contributed by atoms with Crippen LogP contribution in [-0.4, -0.2) is 29.7 Å². The predicted molar refractivity (Wildman–Crippen MR) is 96.0 cm³/mol. The topological polar surface area (TPSA) is 75.3 Å². The Kier molecular flexibility index (Phi) is 6.91. The zero-order valence-corrected chi connectivity index (χ0v) is 15.3. The van der Waals surface area contributed by atoms with Crippen molar-refractivity contribution in [1.82, 2.24) is 20.8 Å². The number of benzene rings is 1. The largest absolute Gasteiger partial charge is 0.356 e. The van der Waals surface area contributed by atoms with Crippen molar-refractivity contribution < 1.29 is 8.91 Å². The number of hydrogen-bond donors (Lipinski definition) is 2. The Bertz CT molecular complexity index is 711. The summed E-state index contributed by atoms with van der Waals surface area (Å²) in [5.74, 6) is 2.15. The maximum absolute atomic E-state index is 13.6. The van der Waals surface area contributed by atoms with Gasteiger partial charge in [-0.1, -0.05) is 31.1 Å². The third kappa shape index (κ3) is 5.85. The number of halogens is 1. The highest BCUT2D eigenvalue weighted by molar-refractivity contribution is 5.79. The van der Waals surface area contributed by atoms with E-state index in [1.165, 1.54) is 6.07 Å². The number of hydrogen-bond acceptors (Lipinski definition) is 4. The lowest BCUT2D eigenvalue weighted by atomic mass is 10.1. The molecule has 0 atom stereocenters. The van der Waals surface area contributed by atoms with E-state index < -0.39 is 0 Å². The first kappa shape index (κ1) is 18.9. The number of guanidine groups is 1. The minimum Gasteiger partial charge on any atom is -0.356 e. The van der Waals surface area contributed by atoms with Crippen LogP contribution in [0.3, 0.4) is 0 Å². The van der Waals surface area contributed by atoms with Gasteiger partial charge in [0.1, 0.15) is 5.82 Å². The van der Waals surface area contributed by atoms with Gasteiger partial charge >= 0.3 is 0 Å². The van der Waals surface area contributed by atoms with E-state index in [0.717, 1.165) is 24.4 Å². The van der Waals surface area contributed by atoms with Gasteiger partial charge in [-0.3, -0.25) is 4.99 Å². The molecule has 25 heavy (non-hydrogen) atoms. The van der Waals surface area contributed by atoms with Crippen molar-refractivity contribution in [3.8, 4) is 0 Å². The summed E-state index contributed by atoms with van der Waals surface area (Å²) >= 11 is 0. The maximum atomic E-state index is 13.6. The number of aliphatic imine (C=N–C) groups is 1. The fraction of sp³-hybridized carbons (Fsp3) is 0.500. The van der Waals surface area contributed by atoms with E-state index in [2.05, 4.69) is 25.8 Å². The molecular weight excluding hydrogens is 321 g/mol. The summed E-state index contributed by atoms with van der Waals surface area (Å²) in [6.07, 6.45) is 1.56. The molecule has 6 nitrogen and oxygen atoms in total. The summed E-state index contributed by atoms with van der Waals surface area (Å²) < 4.78 is 18.8.